The summed E-state index contributed by atoms with van der Waals surface area (Å²) in [5.41, 5.74) is 1.06. The highest BCUT2D eigenvalue weighted by molar-refractivity contribution is 8.13. The Morgan fingerprint density at radius 1 is 1.39 bits per heavy atom. The summed E-state index contributed by atoms with van der Waals surface area (Å²) in [6.07, 6.45) is -0.736. The highest BCUT2D eigenvalue weighted by atomic mass is 32.2. The van der Waals surface area contributed by atoms with Crippen molar-refractivity contribution in [2.75, 3.05) is 12.4 Å². The molecule has 0 unspecified atom stereocenters. The fourth-order valence-corrected chi connectivity index (χ4v) is 2.15. The zero-order valence-corrected chi connectivity index (χ0v) is 11.7. The van der Waals surface area contributed by atoms with Crippen LogP contribution in [-0.2, 0) is 16.1 Å². The molecule has 0 aliphatic carbocycles. The molecule has 0 aliphatic rings. The van der Waals surface area contributed by atoms with Gasteiger partial charge in [0.25, 0.3) is 0 Å². The molecule has 3 nitrogen and oxygen atoms in total. The third-order valence-electron chi connectivity index (χ3n) is 2.64. The van der Waals surface area contributed by atoms with Crippen molar-refractivity contribution in [1.82, 2.24) is 0 Å². The van der Waals surface area contributed by atoms with E-state index in [1.165, 1.54) is 11.8 Å². The van der Waals surface area contributed by atoms with Gasteiger partial charge >= 0.3 is 0 Å². The van der Waals surface area contributed by atoms with Crippen molar-refractivity contribution in [3.05, 3.63) is 35.9 Å². The van der Waals surface area contributed by atoms with Gasteiger partial charge in [-0.2, -0.15) is 0 Å². The maximum atomic E-state index is 11.6. The first-order valence-electron chi connectivity index (χ1n) is 6.11. The van der Waals surface area contributed by atoms with Crippen LogP contribution in [0.5, 0.6) is 0 Å². The van der Waals surface area contributed by atoms with Crippen LogP contribution in [0.25, 0.3) is 0 Å². The number of hydrogen-bond acceptors (Lipinski definition) is 4. The van der Waals surface area contributed by atoms with Crippen molar-refractivity contribution in [2.24, 2.45) is 5.92 Å². The van der Waals surface area contributed by atoms with Gasteiger partial charge in [0.2, 0.25) is 0 Å². The van der Waals surface area contributed by atoms with Gasteiger partial charge in [0.05, 0.1) is 25.2 Å². The number of benzene rings is 1. The molecule has 4 heteroatoms. The van der Waals surface area contributed by atoms with Crippen LogP contribution in [0.4, 0.5) is 0 Å². The van der Waals surface area contributed by atoms with Crippen LogP contribution in [0.3, 0.4) is 0 Å². The molecule has 1 N–H and O–H groups in total. The normalized spacial score (nSPS) is 14.2. The average Bonchev–Trinajstić information content (AvgIpc) is 2.39. The minimum absolute atomic E-state index is 0.0216. The topological polar surface area (TPSA) is 46.5 Å². The van der Waals surface area contributed by atoms with E-state index in [2.05, 4.69) is 0 Å². The predicted molar refractivity (Wildman–Crippen MR) is 74.4 cm³/mol. The van der Waals surface area contributed by atoms with Crippen LogP contribution < -0.4 is 0 Å². The lowest BCUT2D eigenvalue weighted by Gasteiger charge is -2.17. The summed E-state index contributed by atoms with van der Waals surface area (Å²) in [5.74, 6) is 0.353. The fraction of sp³-hybridized carbons (Fsp3) is 0.500. The summed E-state index contributed by atoms with van der Waals surface area (Å²) in [6.45, 7) is 4.31. The molecule has 0 aromatic heterocycles. The first kappa shape index (κ1) is 15.2. The molecule has 0 spiro atoms. The molecule has 0 amide bonds. The molecule has 0 bridgehead atoms. The SMILES string of the molecule is CCSC(=O)[C@H](C)[C@@H](O)COCc1ccccc1. The molecule has 0 saturated carbocycles. The molecule has 0 saturated heterocycles. The molecule has 18 heavy (non-hydrogen) atoms. The van der Waals surface area contributed by atoms with Gasteiger partial charge in [-0.25, -0.2) is 0 Å². The molecular weight excluding hydrogens is 248 g/mol. The molecule has 0 aliphatic heterocycles. The second-order valence-electron chi connectivity index (χ2n) is 4.11. The van der Waals surface area contributed by atoms with Crippen LogP contribution in [0, 0.1) is 5.92 Å². The van der Waals surface area contributed by atoms with E-state index in [1.807, 2.05) is 37.3 Å². The Morgan fingerprint density at radius 2 is 2.06 bits per heavy atom. The third kappa shape index (κ3) is 5.21. The molecule has 0 fully saturated rings. The first-order chi connectivity index (χ1) is 8.65. The Morgan fingerprint density at radius 3 is 2.67 bits per heavy atom. The third-order valence-corrected chi connectivity index (χ3v) is 3.58. The van der Waals surface area contributed by atoms with Gasteiger partial charge in [-0.3, -0.25) is 4.79 Å². The van der Waals surface area contributed by atoms with Gasteiger partial charge in [-0.15, -0.1) is 0 Å². The minimum atomic E-state index is -0.736. The van der Waals surface area contributed by atoms with Gasteiger partial charge in [0.15, 0.2) is 5.12 Å². The van der Waals surface area contributed by atoms with E-state index < -0.39 is 6.10 Å². The molecule has 100 valence electrons. The zero-order valence-electron chi connectivity index (χ0n) is 10.8. The van der Waals surface area contributed by atoms with Gasteiger partial charge < -0.3 is 9.84 Å². The Bertz CT molecular complexity index is 353. The summed E-state index contributed by atoms with van der Waals surface area (Å²) < 4.78 is 5.42. The lowest BCUT2D eigenvalue weighted by Crippen LogP contribution is -2.28. The smallest absolute Gasteiger partial charge is 0.194 e. The molecule has 2 atom stereocenters. The van der Waals surface area contributed by atoms with E-state index in [-0.39, 0.29) is 17.6 Å². The average molecular weight is 268 g/mol. The largest absolute Gasteiger partial charge is 0.390 e. The lowest BCUT2D eigenvalue weighted by molar-refractivity contribution is -0.118. The standard InChI is InChI=1S/C14H20O3S/c1-3-18-14(16)11(2)13(15)10-17-9-12-7-5-4-6-8-12/h4-8,11,13,15H,3,9-10H2,1-2H3/t11-,13+/m1/s1. The van der Waals surface area contributed by atoms with Crippen molar-refractivity contribution in [1.29, 1.82) is 0 Å². The van der Waals surface area contributed by atoms with Gasteiger partial charge in [0, 0.05) is 0 Å². The molecule has 1 aromatic carbocycles. The summed E-state index contributed by atoms with van der Waals surface area (Å²) in [7, 11) is 0. The highest BCUT2D eigenvalue weighted by Gasteiger charge is 2.21. The van der Waals surface area contributed by atoms with Crippen molar-refractivity contribution < 1.29 is 14.6 Å². The van der Waals surface area contributed by atoms with Gasteiger partial charge in [-0.1, -0.05) is 55.9 Å². The summed E-state index contributed by atoms with van der Waals surface area (Å²) in [5, 5.41) is 9.86. The molecule has 1 aromatic rings. The van der Waals surface area contributed by atoms with Crippen molar-refractivity contribution in [2.45, 2.75) is 26.6 Å². The number of ether oxygens (including phenoxy) is 1. The van der Waals surface area contributed by atoms with Crippen molar-refractivity contribution in [3.8, 4) is 0 Å². The first-order valence-corrected chi connectivity index (χ1v) is 7.10. The Balaban J connectivity index is 2.28. The van der Waals surface area contributed by atoms with Crippen LogP contribution >= 0.6 is 11.8 Å². The number of aliphatic hydroxyl groups excluding tert-OH is 1. The van der Waals surface area contributed by atoms with E-state index in [1.54, 1.807) is 6.92 Å². The highest BCUT2D eigenvalue weighted by Crippen LogP contribution is 2.15. The number of thioether (sulfide) groups is 1. The number of carbonyl (C=O) groups is 1. The number of rotatable bonds is 7. The molecule has 1 rings (SSSR count). The summed E-state index contributed by atoms with van der Waals surface area (Å²) >= 11 is 1.24. The van der Waals surface area contributed by atoms with Crippen LogP contribution in [0.2, 0.25) is 0 Å². The Labute approximate surface area is 113 Å². The Hall–Kier alpha value is -0.840. The zero-order chi connectivity index (χ0) is 13.4. The number of hydrogen-bond donors (Lipinski definition) is 1. The second kappa shape index (κ2) is 8.29. The van der Waals surface area contributed by atoms with E-state index in [0.29, 0.717) is 6.61 Å². The van der Waals surface area contributed by atoms with E-state index in [0.717, 1.165) is 11.3 Å². The number of aliphatic hydroxyl groups is 1. The van der Waals surface area contributed by atoms with Crippen LogP contribution in [0.15, 0.2) is 30.3 Å². The maximum absolute atomic E-state index is 11.6. The predicted octanol–water partition coefficient (Wildman–Crippen LogP) is 2.48. The quantitative estimate of drug-likeness (QED) is 0.825. The number of carbonyl (C=O) groups excluding carboxylic acids is 1. The van der Waals surface area contributed by atoms with E-state index in [9.17, 15) is 9.90 Å². The van der Waals surface area contributed by atoms with E-state index >= 15 is 0 Å². The van der Waals surface area contributed by atoms with Crippen molar-refractivity contribution >= 4 is 16.9 Å². The molecular formula is C14H20O3S. The van der Waals surface area contributed by atoms with Crippen LogP contribution in [0.1, 0.15) is 19.4 Å². The van der Waals surface area contributed by atoms with Crippen LogP contribution in [-0.4, -0.2) is 28.7 Å². The van der Waals surface area contributed by atoms with Gasteiger partial charge in [-0.05, 0) is 11.3 Å². The monoisotopic (exact) mass is 268 g/mol. The fourth-order valence-electron chi connectivity index (χ4n) is 1.45. The summed E-state index contributed by atoms with van der Waals surface area (Å²) in [6, 6.07) is 9.77. The molecule has 0 radical (unpaired) electrons. The molecule has 0 heterocycles. The lowest BCUT2D eigenvalue weighted by atomic mass is 10.1. The maximum Gasteiger partial charge on any atom is 0.194 e. The summed E-state index contributed by atoms with van der Waals surface area (Å²) in [4.78, 5) is 11.6. The van der Waals surface area contributed by atoms with Crippen molar-refractivity contribution in [3.63, 3.8) is 0 Å². The van der Waals surface area contributed by atoms with E-state index in [4.69, 9.17) is 4.74 Å². The second-order valence-corrected chi connectivity index (χ2v) is 5.38. The minimum Gasteiger partial charge on any atom is -0.390 e. The van der Waals surface area contributed by atoms with Gasteiger partial charge in [0.1, 0.15) is 0 Å². The Kier molecular flexibility index (Phi) is 7.01.